The van der Waals surface area contributed by atoms with Crippen molar-refractivity contribution in [2.75, 3.05) is 19.5 Å². The van der Waals surface area contributed by atoms with Crippen molar-refractivity contribution in [3.63, 3.8) is 0 Å². The molecule has 0 aliphatic rings. The van der Waals surface area contributed by atoms with Crippen LogP contribution in [0, 0.1) is 0 Å². The molecule has 0 aliphatic carbocycles. The van der Waals surface area contributed by atoms with Crippen molar-refractivity contribution in [3.8, 4) is 22.1 Å². The summed E-state index contributed by atoms with van der Waals surface area (Å²) in [5, 5.41) is 12.5. The fourth-order valence-electron chi connectivity index (χ4n) is 2.21. The molecule has 0 aliphatic heterocycles. The van der Waals surface area contributed by atoms with Gasteiger partial charge in [0.1, 0.15) is 11.5 Å². The second-order valence-electron chi connectivity index (χ2n) is 5.09. The number of rotatable bonds is 5. The molecule has 1 N–H and O–H groups in total. The molecule has 0 spiro atoms. The van der Waals surface area contributed by atoms with Gasteiger partial charge in [-0.25, -0.2) is 0 Å². The van der Waals surface area contributed by atoms with Crippen molar-refractivity contribution >= 4 is 45.6 Å². The Bertz CT molecular complexity index is 942. The summed E-state index contributed by atoms with van der Waals surface area (Å²) in [6.07, 6.45) is 0. The molecule has 1 aromatic heterocycles. The molecule has 0 bridgehead atoms. The summed E-state index contributed by atoms with van der Waals surface area (Å²) in [4.78, 5) is 12.3. The van der Waals surface area contributed by atoms with E-state index in [-0.39, 0.29) is 5.91 Å². The lowest BCUT2D eigenvalue weighted by atomic mass is 10.2. The van der Waals surface area contributed by atoms with Gasteiger partial charge < -0.3 is 9.47 Å². The van der Waals surface area contributed by atoms with E-state index < -0.39 is 0 Å². The molecular weight excluding hydrogens is 397 g/mol. The number of hydrogen-bond acceptors (Lipinski definition) is 6. The van der Waals surface area contributed by atoms with Crippen molar-refractivity contribution in [1.29, 1.82) is 0 Å². The van der Waals surface area contributed by atoms with Crippen LogP contribution in [-0.4, -0.2) is 30.3 Å². The Kier molecular flexibility index (Phi) is 5.61. The van der Waals surface area contributed by atoms with E-state index in [1.807, 2.05) is 6.07 Å². The number of hydrogen-bond donors (Lipinski definition) is 1. The Hall–Kier alpha value is -2.35. The van der Waals surface area contributed by atoms with E-state index in [0.29, 0.717) is 37.2 Å². The third kappa shape index (κ3) is 4.07. The number of carbonyl (C=O) groups is 1. The number of amides is 1. The van der Waals surface area contributed by atoms with Gasteiger partial charge in [-0.2, -0.15) is 0 Å². The number of methoxy groups -OCH3 is 2. The van der Waals surface area contributed by atoms with Gasteiger partial charge in [0.25, 0.3) is 5.91 Å². The topological polar surface area (TPSA) is 73.3 Å². The van der Waals surface area contributed by atoms with Gasteiger partial charge in [-0.3, -0.25) is 10.1 Å². The first-order valence-electron chi connectivity index (χ1n) is 7.33. The van der Waals surface area contributed by atoms with Crippen molar-refractivity contribution in [2.24, 2.45) is 0 Å². The van der Waals surface area contributed by atoms with Crippen LogP contribution < -0.4 is 14.8 Å². The Labute approximate surface area is 163 Å². The third-order valence-electron chi connectivity index (χ3n) is 3.41. The van der Waals surface area contributed by atoms with E-state index in [4.69, 9.17) is 32.7 Å². The van der Waals surface area contributed by atoms with Crippen molar-refractivity contribution < 1.29 is 14.3 Å². The van der Waals surface area contributed by atoms with E-state index in [2.05, 4.69) is 15.5 Å². The summed E-state index contributed by atoms with van der Waals surface area (Å²) in [6.45, 7) is 0. The molecule has 0 fully saturated rings. The third-order valence-corrected chi connectivity index (χ3v) is 4.72. The zero-order valence-corrected chi connectivity index (χ0v) is 16.1. The maximum Gasteiger partial charge on any atom is 0.257 e. The SMILES string of the molecule is COc1ccc(-c2nnc(NC(=O)c3cc(Cl)cc(Cl)c3)s2)c(OC)c1. The number of benzene rings is 2. The minimum Gasteiger partial charge on any atom is -0.497 e. The standard InChI is InChI=1S/C17H13Cl2N3O3S/c1-24-12-3-4-13(14(8-12)25-2)16-21-22-17(26-16)20-15(23)9-5-10(18)7-11(19)6-9/h3-8H,1-2H3,(H,20,22,23). The monoisotopic (exact) mass is 409 g/mol. The van der Waals surface area contributed by atoms with Crippen LogP contribution in [0.3, 0.4) is 0 Å². The fourth-order valence-corrected chi connectivity index (χ4v) is 3.51. The number of nitrogens with zero attached hydrogens (tertiary/aromatic N) is 2. The number of anilines is 1. The largest absolute Gasteiger partial charge is 0.497 e. The average Bonchev–Trinajstić information content (AvgIpc) is 3.08. The molecule has 26 heavy (non-hydrogen) atoms. The maximum atomic E-state index is 12.3. The van der Waals surface area contributed by atoms with Gasteiger partial charge in [-0.1, -0.05) is 34.5 Å². The van der Waals surface area contributed by atoms with Gasteiger partial charge in [0.2, 0.25) is 5.13 Å². The molecular formula is C17H13Cl2N3O3S. The second-order valence-corrected chi connectivity index (χ2v) is 6.94. The van der Waals surface area contributed by atoms with Gasteiger partial charge >= 0.3 is 0 Å². The van der Waals surface area contributed by atoms with Crippen LogP contribution in [0.4, 0.5) is 5.13 Å². The smallest absolute Gasteiger partial charge is 0.257 e. The van der Waals surface area contributed by atoms with Crippen molar-refractivity contribution in [1.82, 2.24) is 10.2 Å². The first-order chi connectivity index (χ1) is 12.5. The highest BCUT2D eigenvalue weighted by Crippen LogP contribution is 2.36. The Morgan fingerprint density at radius 2 is 1.77 bits per heavy atom. The van der Waals surface area contributed by atoms with Crippen LogP contribution in [0.25, 0.3) is 10.6 Å². The van der Waals surface area contributed by atoms with Gasteiger partial charge in [-0.05, 0) is 30.3 Å². The first-order valence-corrected chi connectivity index (χ1v) is 8.90. The van der Waals surface area contributed by atoms with E-state index in [9.17, 15) is 4.79 Å². The van der Waals surface area contributed by atoms with Crippen LogP contribution in [0.15, 0.2) is 36.4 Å². The first kappa shape index (κ1) is 18.4. The molecule has 1 heterocycles. The minimum atomic E-state index is -0.376. The number of aromatic nitrogens is 2. The quantitative estimate of drug-likeness (QED) is 0.655. The van der Waals surface area contributed by atoms with E-state index in [1.54, 1.807) is 32.4 Å². The molecule has 3 rings (SSSR count). The van der Waals surface area contributed by atoms with Crippen LogP contribution in [0.1, 0.15) is 10.4 Å². The molecule has 134 valence electrons. The fraction of sp³-hybridized carbons (Fsp3) is 0.118. The number of nitrogens with one attached hydrogen (secondary N) is 1. The van der Waals surface area contributed by atoms with Crippen LogP contribution in [-0.2, 0) is 0 Å². The molecule has 0 unspecified atom stereocenters. The number of halogens is 2. The van der Waals surface area contributed by atoms with E-state index in [1.165, 1.54) is 23.5 Å². The molecule has 0 saturated heterocycles. The second kappa shape index (κ2) is 7.90. The van der Waals surface area contributed by atoms with Crippen molar-refractivity contribution in [2.45, 2.75) is 0 Å². The summed E-state index contributed by atoms with van der Waals surface area (Å²) >= 11 is 13.1. The Morgan fingerprint density at radius 3 is 2.42 bits per heavy atom. The lowest BCUT2D eigenvalue weighted by Gasteiger charge is -2.07. The van der Waals surface area contributed by atoms with Gasteiger partial charge in [-0.15, -0.1) is 10.2 Å². The van der Waals surface area contributed by atoms with Gasteiger partial charge in [0.15, 0.2) is 5.01 Å². The summed E-state index contributed by atoms with van der Waals surface area (Å²) in [5.74, 6) is 0.889. The van der Waals surface area contributed by atoms with Crippen molar-refractivity contribution in [3.05, 3.63) is 52.0 Å². The van der Waals surface area contributed by atoms with Crippen LogP contribution in [0.5, 0.6) is 11.5 Å². The summed E-state index contributed by atoms with van der Waals surface area (Å²) < 4.78 is 10.6. The molecule has 6 nitrogen and oxygen atoms in total. The predicted octanol–water partition coefficient (Wildman–Crippen LogP) is 4.78. The van der Waals surface area contributed by atoms with Gasteiger partial charge in [0.05, 0.1) is 19.8 Å². The maximum absolute atomic E-state index is 12.3. The Morgan fingerprint density at radius 1 is 1.04 bits per heavy atom. The zero-order chi connectivity index (χ0) is 18.7. The molecule has 0 atom stereocenters. The predicted molar refractivity (Wildman–Crippen MR) is 103 cm³/mol. The lowest BCUT2D eigenvalue weighted by Crippen LogP contribution is -2.11. The summed E-state index contributed by atoms with van der Waals surface area (Å²) in [7, 11) is 3.14. The normalized spacial score (nSPS) is 10.5. The highest BCUT2D eigenvalue weighted by atomic mass is 35.5. The molecule has 0 saturated carbocycles. The lowest BCUT2D eigenvalue weighted by molar-refractivity contribution is 0.102. The summed E-state index contributed by atoms with van der Waals surface area (Å²) in [6, 6.07) is 9.97. The Balaban J connectivity index is 1.83. The highest BCUT2D eigenvalue weighted by molar-refractivity contribution is 7.18. The molecule has 3 aromatic rings. The van der Waals surface area contributed by atoms with Crippen LogP contribution >= 0.6 is 34.5 Å². The highest BCUT2D eigenvalue weighted by Gasteiger charge is 2.15. The van der Waals surface area contributed by atoms with E-state index >= 15 is 0 Å². The molecule has 1 amide bonds. The number of ether oxygens (including phenoxy) is 2. The minimum absolute atomic E-state index is 0.335. The van der Waals surface area contributed by atoms with Gasteiger partial charge in [0, 0.05) is 21.7 Å². The average molecular weight is 410 g/mol. The molecule has 0 radical (unpaired) electrons. The molecule has 2 aromatic carbocycles. The van der Waals surface area contributed by atoms with E-state index in [0.717, 1.165) is 5.56 Å². The summed E-state index contributed by atoms with van der Waals surface area (Å²) in [5.41, 5.74) is 1.08. The zero-order valence-electron chi connectivity index (χ0n) is 13.7. The molecule has 9 heteroatoms. The number of carbonyl (C=O) groups excluding carboxylic acids is 1. The van der Waals surface area contributed by atoms with Crippen LogP contribution in [0.2, 0.25) is 10.0 Å².